The van der Waals surface area contributed by atoms with Crippen LogP contribution in [0.2, 0.25) is 0 Å². The number of aromatic nitrogens is 1. The van der Waals surface area contributed by atoms with Crippen molar-refractivity contribution in [3.05, 3.63) is 220 Å². The number of ether oxygens (including phenoxy) is 1. The molecule has 1 aliphatic rings. The number of para-hydroxylation sites is 6. The Hall–Kier alpha value is -7.44. The number of benzene rings is 6. The highest BCUT2D eigenvalue weighted by Gasteiger charge is 2.25. The molecule has 0 atom stereocenters. The lowest BCUT2D eigenvalue weighted by Crippen LogP contribution is -2.15. The third kappa shape index (κ3) is 8.46. The van der Waals surface area contributed by atoms with Gasteiger partial charge in [0.25, 0.3) is 0 Å². The molecule has 0 fully saturated rings. The Balaban J connectivity index is 0.000000413. The summed E-state index contributed by atoms with van der Waals surface area (Å²) in [6.45, 7) is 12.4. The first kappa shape index (κ1) is 37.3. The van der Waals surface area contributed by atoms with E-state index in [0.717, 1.165) is 56.5 Å². The van der Waals surface area contributed by atoms with Crippen molar-refractivity contribution >= 4 is 50.3 Å². The van der Waals surface area contributed by atoms with Gasteiger partial charge in [0.05, 0.1) is 22.4 Å². The van der Waals surface area contributed by atoms with Gasteiger partial charge in [-0.2, -0.15) is 5.11 Å². The Morgan fingerprint density at radius 3 is 1.58 bits per heavy atom. The molecule has 0 aliphatic carbocycles. The van der Waals surface area contributed by atoms with E-state index in [9.17, 15) is 0 Å². The van der Waals surface area contributed by atoms with Crippen molar-refractivity contribution in [1.29, 1.82) is 5.53 Å². The van der Waals surface area contributed by atoms with Gasteiger partial charge in [0.15, 0.2) is 11.5 Å². The maximum absolute atomic E-state index is 7.87. The number of nitrogens with zero attached hydrogens (tertiary/aromatic N) is 3. The molecular weight excluding hydrogens is 675 g/mol. The number of hydrogen-bond acceptors (Lipinski definition) is 5. The van der Waals surface area contributed by atoms with E-state index in [1.165, 1.54) is 10.8 Å². The van der Waals surface area contributed by atoms with Gasteiger partial charge in [-0.25, -0.2) is 5.53 Å². The lowest BCUT2D eigenvalue weighted by molar-refractivity contribution is 0.477. The van der Waals surface area contributed by atoms with E-state index < -0.39 is 0 Å². The van der Waals surface area contributed by atoms with Crippen molar-refractivity contribution in [1.82, 2.24) is 4.57 Å². The minimum atomic E-state index is 0.541. The maximum Gasteiger partial charge on any atom is 0.151 e. The van der Waals surface area contributed by atoms with Crippen LogP contribution >= 0.6 is 0 Å². The van der Waals surface area contributed by atoms with Gasteiger partial charge >= 0.3 is 0 Å². The van der Waals surface area contributed by atoms with Gasteiger partial charge in [-0.1, -0.05) is 135 Å². The molecule has 0 saturated heterocycles. The molecule has 2 N–H and O–H groups in total. The molecule has 8 rings (SSSR count). The fraction of sp³-hybridized carbons (Fsp3) is 0.0204. The summed E-state index contributed by atoms with van der Waals surface area (Å²) < 4.78 is 8.43. The molecule has 1 aromatic heterocycles. The quantitative estimate of drug-likeness (QED) is 0.115. The number of anilines is 4. The zero-order valence-corrected chi connectivity index (χ0v) is 30.8. The summed E-state index contributed by atoms with van der Waals surface area (Å²) in [4.78, 5) is 2.21. The Morgan fingerprint density at radius 1 is 0.600 bits per heavy atom. The number of nitrogens with one attached hydrogen (secondary N) is 2. The van der Waals surface area contributed by atoms with E-state index in [1.54, 1.807) is 24.4 Å². The molecule has 270 valence electrons. The van der Waals surface area contributed by atoms with Gasteiger partial charge < -0.3 is 19.5 Å². The second-order valence-electron chi connectivity index (χ2n) is 12.2. The van der Waals surface area contributed by atoms with Crippen LogP contribution < -0.4 is 15.0 Å². The molecule has 6 heteroatoms. The molecule has 0 amide bonds. The molecule has 1 aliphatic heterocycles. The van der Waals surface area contributed by atoms with E-state index >= 15 is 0 Å². The first-order valence-corrected chi connectivity index (χ1v) is 17.9. The third-order valence-corrected chi connectivity index (χ3v) is 8.77. The van der Waals surface area contributed by atoms with E-state index in [-0.39, 0.29) is 0 Å². The van der Waals surface area contributed by atoms with Crippen LogP contribution in [0, 0.1) is 5.53 Å². The molecule has 7 aromatic rings. The van der Waals surface area contributed by atoms with Gasteiger partial charge in [0, 0.05) is 39.6 Å². The standard InChI is InChI=1S/C38H27N5O.C6H8.C5H8/c39-41-32(26-17-21-28(22-18-26)42-33-11-3-1-9-30(33)31-10-2-4-12-34(31)42)25-40-27-19-23-29(24-20-27)43-35-13-5-7-15-37(35)44-38-16-8-6-14-36(38)43;1-3-5-6-4-2;1-3-5-4-2/h1-25,39-40H;3-6H,1-2H2;3-5H,1H2,2H3/b32-25-,41-39?;6-5-;5-4-. The van der Waals surface area contributed by atoms with Crippen LogP contribution in [-0.2, 0) is 0 Å². The number of allylic oxidation sites excluding steroid dienone is 7. The highest BCUT2D eigenvalue weighted by atomic mass is 16.5. The summed E-state index contributed by atoms with van der Waals surface area (Å²) in [5.41, 5.74) is 16.6. The van der Waals surface area contributed by atoms with Crippen molar-refractivity contribution in [3.8, 4) is 17.2 Å². The van der Waals surface area contributed by atoms with Crippen LogP contribution in [0.15, 0.2) is 219 Å². The Kier molecular flexibility index (Phi) is 12.5. The molecule has 0 spiro atoms. The van der Waals surface area contributed by atoms with Crippen LogP contribution in [-0.4, -0.2) is 4.57 Å². The van der Waals surface area contributed by atoms with Crippen molar-refractivity contribution < 1.29 is 4.74 Å². The van der Waals surface area contributed by atoms with Gasteiger partial charge in [-0.05, 0) is 79.7 Å². The van der Waals surface area contributed by atoms with Gasteiger partial charge in [0.2, 0.25) is 0 Å². The SMILES string of the molecule is C=C/C=C\C.C=C/C=C\C=C.N=N/C(=C\Nc1ccc(N2c3ccccc3Oc3ccccc32)cc1)c1ccc(-n2c3ccccc3c3ccccc32)cc1. The molecule has 55 heavy (non-hydrogen) atoms. The lowest BCUT2D eigenvalue weighted by atomic mass is 10.1. The topological polar surface area (TPSA) is 65.6 Å². The second kappa shape index (κ2) is 18.4. The van der Waals surface area contributed by atoms with Crippen molar-refractivity contribution in [3.63, 3.8) is 0 Å². The summed E-state index contributed by atoms with van der Waals surface area (Å²) in [5.74, 6) is 1.64. The molecule has 6 aromatic carbocycles. The predicted octanol–water partition coefficient (Wildman–Crippen LogP) is 14.5. The van der Waals surface area contributed by atoms with E-state index in [1.807, 2.05) is 91.9 Å². The van der Waals surface area contributed by atoms with Gasteiger partial charge in [0.1, 0.15) is 5.70 Å². The monoisotopic (exact) mass is 717 g/mol. The summed E-state index contributed by atoms with van der Waals surface area (Å²) in [5, 5.41) is 9.61. The summed E-state index contributed by atoms with van der Waals surface area (Å²) in [6, 6.07) is 49.5. The number of hydrogen-bond donors (Lipinski definition) is 2. The predicted molar refractivity (Wildman–Crippen MR) is 233 cm³/mol. The minimum Gasteiger partial charge on any atom is -0.453 e. The molecule has 0 radical (unpaired) electrons. The molecular formula is C49H43N5O. The Labute approximate surface area is 323 Å². The number of fused-ring (bicyclic) bond motifs is 5. The second-order valence-corrected chi connectivity index (χ2v) is 12.2. The van der Waals surface area contributed by atoms with Crippen LogP contribution in [0.1, 0.15) is 12.5 Å². The Bertz CT molecular complexity index is 2410. The van der Waals surface area contributed by atoms with Gasteiger partial charge in [-0.15, -0.1) is 0 Å². The van der Waals surface area contributed by atoms with Crippen LogP contribution in [0.5, 0.6) is 11.5 Å². The fourth-order valence-corrected chi connectivity index (χ4v) is 6.30. The van der Waals surface area contributed by atoms with Crippen LogP contribution in [0.3, 0.4) is 0 Å². The Morgan fingerprint density at radius 2 is 1.09 bits per heavy atom. The molecule has 2 heterocycles. The normalized spacial score (nSPS) is 11.7. The highest BCUT2D eigenvalue weighted by Crippen LogP contribution is 2.50. The van der Waals surface area contributed by atoms with Crippen molar-refractivity contribution in [2.75, 3.05) is 10.2 Å². The van der Waals surface area contributed by atoms with Gasteiger partial charge in [-0.3, -0.25) is 0 Å². The van der Waals surface area contributed by atoms with E-state index in [2.05, 4.69) is 125 Å². The first-order chi connectivity index (χ1) is 27.1. The number of rotatable bonds is 9. The average Bonchev–Trinajstić information content (AvgIpc) is 3.58. The van der Waals surface area contributed by atoms with Crippen LogP contribution in [0.25, 0.3) is 33.2 Å². The zero-order chi connectivity index (χ0) is 38.4. The van der Waals surface area contributed by atoms with E-state index in [0.29, 0.717) is 5.70 Å². The minimum absolute atomic E-state index is 0.541. The van der Waals surface area contributed by atoms with Crippen molar-refractivity contribution in [2.45, 2.75) is 6.92 Å². The highest BCUT2D eigenvalue weighted by molar-refractivity contribution is 6.09. The van der Waals surface area contributed by atoms with Crippen molar-refractivity contribution in [2.24, 2.45) is 5.11 Å². The third-order valence-electron chi connectivity index (χ3n) is 8.77. The maximum atomic E-state index is 7.87. The molecule has 0 unspecified atom stereocenters. The molecule has 0 bridgehead atoms. The largest absolute Gasteiger partial charge is 0.453 e. The lowest BCUT2D eigenvalue weighted by Gasteiger charge is -2.32. The summed E-state index contributed by atoms with van der Waals surface area (Å²) in [7, 11) is 0. The fourth-order valence-electron chi connectivity index (χ4n) is 6.30. The first-order valence-electron chi connectivity index (χ1n) is 17.9. The average molecular weight is 718 g/mol. The van der Waals surface area contributed by atoms with Crippen LogP contribution in [0.4, 0.5) is 22.7 Å². The molecule has 0 saturated carbocycles. The summed E-state index contributed by atoms with van der Waals surface area (Å²) in [6.07, 6.45) is 14.4. The van der Waals surface area contributed by atoms with E-state index in [4.69, 9.17) is 10.3 Å². The summed E-state index contributed by atoms with van der Waals surface area (Å²) >= 11 is 0. The zero-order valence-electron chi connectivity index (χ0n) is 30.8. The smallest absolute Gasteiger partial charge is 0.151 e. The molecule has 6 nitrogen and oxygen atoms in total.